The molecule has 1 N–H and O–H groups in total. The van der Waals surface area contributed by atoms with Gasteiger partial charge >= 0.3 is 0 Å². The van der Waals surface area contributed by atoms with Gasteiger partial charge in [-0.3, -0.25) is 14.9 Å². The van der Waals surface area contributed by atoms with E-state index in [0.717, 1.165) is 6.07 Å². The molecule has 1 amide bonds. The molecule has 0 radical (unpaired) electrons. The van der Waals surface area contributed by atoms with Gasteiger partial charge in [0.2, 0.25) is 0 Å². The Balaban J connectivity index is 2.15. The number of benzene rings is 2. The van der Waals surface area contributed by atoms with Crippen LogP contribution in [0, 0.1) is 15.9 Å². The van der Waals surface area contributed by atoms with Crippen LogP contribution in [0.1, 0.15) is 10.4 Å². The van der Waals surface area contributed by atoms with E-state index in [-0.39, 0.29) is 22.0 Å². The molecule has 0 aliphatic rings. The van der Waals surface area contributed by atoms with Crippen LogP contribution in [-0.4, -0.2) is 10.8 Å². The van der Waals surface area contributed by atoms with E-state index in [2.05, 4.69) is 5.32 Å². The molecule has 0 aliphatic carbocycles. The summed E-state index contributed by atoms with van der Waals surface area (Å²) < 4.78 is 13.2. The summed E-state index contributed by atoms with van der Waals surface area (Å²) in [7, 11) is 0. The van der Waals surface area contributed by atoms with Crippen molar-refractivity contribution in [2.75, 3.05) is 5.32 Å². The van der Waals surface area contributed by atoms with Crippen LogP contribution in [0.3, 0.4) is 0 Å². The molecule has 2 aromatic rings. The molecule has 0 saturated carbocycles. The molecule has 0 fully saturated rings. The standard InChI is InChI=1S/C13H8ClFN2O3/c14-11-6-3-9(7-12(11)15)16-13(18)8-1-4-10(5-2-8)17(19)20/h1-7H,(H,16,18). The fraction of sp³-hybridized carbons (Fsp3) is 0. The van der Waals surface area contributed by atoms with E-state index in [1.54, 1.807) is 0 Å². The second-order valence-electron chi connectivity index (χ2n) is 3.89. The van der Waals surface area contributed by atoms with Crippen LogP contribution in [0.5, 0.6) is 0 Å². The van der Waals surface area contributed by atoms with Gasteiger partial charge in [0.15, 0.2) is 0 Å². The average Bonchev–Trinajstić information content (AvgIpc) is 2.43. The highest BCUT2D eigenvalue weighted by molar-refractivity contribution is 6.30. The Morgan fingerprint density at radius 3 is 2.40 bits per heavy atom. The summed E-state index contributed by atoms with van der Waals surface area (Å²) in [6.45, 7) is 0. The number of halogens is 2. The predicted octanol–water partition coefficient (Wildman–Crippen LogP) is 3.64. The monoisotopic (exact) mass is 294 g/mol. The second kappa shape index (κ2) is 5.66. The van der Waals surface area contributed by atoms with Gasteiger partial charge in [-0.25, -0.2) is 4.39 Å². The topological polar surface area (TPSA) is 72.2 Å². The van der Waals surface area contributed by atoms with Gasteiger partial charge in [0.1, 0.15) is 5.82 Å². The number of carbonyl (C=O) groups is 1. The zero-order valence-corrected chi connectivity index (χ0v) is 10.7. The molecule has 7 heteroatoms. The predicted molar refractivity (Wildman–Crippen MR) is 72.5 cm³/mol. The van der Waals surface area contributed by atoms with Crippen molar-refractivity contribution in [2.24, 2.45) is 0 Å². The SMILES string of the molecule is O=C(Nc1ccc(Cl)c(F)c1)c1ccc([N+](=O)[O-])cc1. The number of nitrogens with one attached hydrogen (secondary N) is 1. The van der Waals surface area contributed by atoms with Crippen LogP contribution in [0.2, 0.25) is 5.02 Å². The molecule has 0 heterocycles. The largest absolute Gasteiger partial charge is 0.322 e. The Hall–Kier alpha value is -2.47. The Bertz CT molecular complexity index is 674. The normalized spacial score (nSPS) is 10.1. The van der Waals surface area contributed by atoms with Crippen LogP contribution in [0.25, 0.3) is 0 Å². The van der Waals surface area contributed by atoms with Crippen LogP contribution in [0.15, 0.2) is 42.5 Å². The highest BCUT2D eigenvalue weighted by Gasteiger charge is 2.10. The zero-order chi connectivity index (χ0) is 14.7. The molecular formula is C13H8ClFN2O3. The second-order valence-corrected chi connectivity index (χ2v) is 4.29. The van der Waals surface area contributed by atoms with E-state index in [0.29, 0.717) is 0 Å². The number of nitro benzene ring substituents is 1. The van der Waals surface area contributed by atoms with Crippen molar-refractivity contribution in [3.05, 3.63) is 69.0 Å². The van der Waals surface area contributed by atoms with Crippen molar-refractivity contribution in [3.8, 4) is 0 Å². The van der Waals surface area contributed by atoms with Crippen LogP contribution in [0.4, 0.5) is 15.8 Å². The van der Waals surface area contributed by atoms with Crippen LogP contribution < -0.4 is 5.32 Å². The summed E-state index contributed by atoms with van der Waals surface area (Å²) in [5, 5.41) is 12.9. The Labute approximate surface area is 118 Å². The van der Waals surface area contributed by atoms with Gasteiger partial charge in [0, 0.05) is 23.4 Å². The van der Waals surface area contributed by atoms with Gasteiger partial charge in [0.25, 0.3) is 11.6 Å². The van der Waals surface area contributed by atoms with E-state index in [1.165, 1.54) is 36.4 Å². The first kappa shape index (κ1) is 14.0. The number of anilines is 1. The summed E-state index contributed by atoms with van der Waals surface area (Å²) in [5.41, 5.74) is 0.361. The Morgan fingerprint density at radius 1 is 1.20 bits per heavy atom. The van der Waals surface area contributed by atoms with Gasteiger partial charge in [-0.1, -0.05) is 11.6 Å². The van der Waals surface area contributed by atoms with Gasteiger partial charge < -0.3 is 5.32 Å². The van der Waals surface area contributed by atoms with Crippen molar-refractivity contribution in [1.82, 2.24) is 0 Å². The lowest BCUT2D eigenvalue weighted by Gasteiger charge is -2.05. The maximum Gasteiger partial charge on any atom is 0.269 e. The molecule has 20 heavy (non-hydrogen) atoms. The Kier molecular flexibility index (Phi) is 3.95. The van der Waals surface area contributed by atoms with E-state index < -0.39 is 16.6 Å². The van der Waals surface area contributed by atoms with Crippen LogP contribution in [-0.2, 0) is 0 Å². The summed E-state index contributed by atoms with van der Waals surface area (Å²) in [6, 6.07) is 8.94. The van der Waals surface area contributed by atoms with E-state index in [9.17, 15) is 19.3 Å². The van der Waals surface area contributed by atoms with E-state index in [1.807, 2.05) is 0 Å². The maximum absolute atomic E-state index is 13.2. The smallest absolute Gasteiger partial charge is 0.269 e. The number of nitro groups is 1. The number of nitrogens with zero attached hydrogens (tertiary/aromatic N) is 1. The number of hydrogen-bond acceptors (Lipinski definition) is 3. The molecular weight excluding hydrogens is 287 g/mol. The number of carbonyl (C=O) groups excluding carboxylic acids is 1. The van der Waals surface area contributed by atoms with Crippen LogP contribution >= 0.6 is 11.6 Å². The van der Waals surface area contributed by atoms with Crippen molar-refractivity contribution < 1.29 is 14.1 Å². The molecule has 2 rings (SSSR count). The molecule has 2 aromatic carbocycles. The van der Waals surface area contributed by atoms with Crippen molar-refractivity contribution in [3.63, 3.8) is 0 Å². The van der Waals surface area contributed by atoms with Gasteiger partial charge in [-0.15, -0.1) is 0 Å². The summed E-state index contributed by atoms with van der Waals surface area (Å²) in [6.07, 6.45) is 0. The number of amides is 1. The fourth-order valence-electron chi connectivity index (χ4n) is 1.51. The number of hydrogen-bond donors (Lipinski definition) is 1. The number of non-ortho nitro benzene ring substituents is 1. The minimum absolute atomic E-state index is 0.0432. The molecule has 0 spiro atoms. The van der Waals surface area contributed by atoms with E-state index >= 15 is 0 Å². The molecule has 0 bridgehead atoms. The first-order chi connectivity index (χ1) is 9.47. The first-order valence-electron chi connectivity index (χ1n) is 5.48. The lowest BCUT2D eigenvalue weighted by Crippen LogP contribution is -2.11. The first-order valence-corrected chi connectivity index (χ1v) is 5.86. The van der Waals surface area contributed by atoms with Crippen molar-refractivity contribution in [1.29, 1.82) is 0 Å². The molecule has 5 nitrogen and oxygen atoms in total. The minimum Gasteiger partial charge on any atom is -0.322 e. The lowest BCUT2D eigenvalue weighted by atomic mass is 10.2. The highest BCUT2D eigenvalue weighted by Crippen LogP contribution is 2.19. The maximum atomic E-state index is 13.2. The number of rotatable bonds is 3. The third-order valence-corrected chi connectivity index (χ3v) is 2.82. The highest BCUT2D eigenvalue weighted by atomic mass is 35.5. The molecule has 0 aromatic heterocycles. The van der Waals surface area contributed by atoms with Gasteiger partial charge in [-0.2, -0.15) is 0 Å². The van der Waals surface area contributed by atoms with Crippen molar-refractivity contribution in [2.45, 2.75) is 0 Å². The van der Waals surface area contributed by atoms with E-state index in [4.69, 9.17) is 11.6 Å². The molecule has 102 valence electrons. The molecule has 0 saturated heterocycles. The lowest BCUT2D eigenvalue weighted by molar-refractivity contribution is -0.384. The summed E-state index contributed by atoms with van der Waals surface area (Å²) in [4.78, 5) is 21.8. The summed E-state index contributed by atoms with van der Waals surface area (Å²) in [5.74, 6) is -1.14. The Morgan fingerprint density at radius 2 is 1.85 bits per heavy atom. The third-order valence-electron chi connectivity index (χ3n) is 2.52. The quantitative estimate of drug-likeness (QED) is 0.694. The fourth-order valence-corrected chi connectivity index (χ4v) is 1.63. The molecule has 0 unspecified atom stereocenters. The van der Waals surface area contributed by atoms with Gasteiger partial charge in [0.05, 0.1) is 9.95 Å². The zero-order valence-electron chi connectivity index (χ0n) is 9.97. The summed E-state index contributed by atoms with van der Waals surface area (Å²) >= 11 is 5.53. The molecule has 0 atom stereocenters. The van der Waals surface area contributed by atoms with Gasteiger partial charge in [-0.05, 0) is 30.3 Å². The van der Waals surface area contributed by atoms with Crippen molar-refractivity contribution >= 4 is 28.9 Å². The third kappa shape index (κ3) is 3.10. The molecule has 0 aliphatic heterocycles. The minimum atomic E-state index is -0.645. The average molecular weight is 295 g/mol.